The Morgan fingerprint density at radius 1 is 1.50 bits per heavy atom. The summed E-state index contributed by atoms with van der Waals surface area (Å²) >= 11 is 0. The Kier molecular flexibility index (Phi) is 99.7. The Labute approximate surface area is 93.3 Å². The van der Waals surface area contributed by atoms with Gasteiger partial charge in [-0.3, -0.25) is 0 Å². The molecule has 0 aliphatic heterocycles. The Bertz CT molecular complexity index is 48.9. The minimum atomic E-state index is -0.0833. The average molecular weight is 485 g/mol. The van der Waals surface area contributed by atoms with Gasteiger partial charge in [-0.1, -0.05) is 15.0 Å². The number of carbonyl (C=O) groups excluding carboxylic acids is 1. The summed E-state index contributed by atoms with van der Waals surface area (Å²) in [6.07, 6.45) is 0. The summed E-state index contributed by atoms with van der Waals surface area (Å²) in [5, 5.41) is 7.46. The Balaban J connectivity index is -0.0000000131. The van der Waals surface area contributed by atoms with Gasteiger partial charge in [-0.2, -0.15) is 0 Å². The molecule has 1 N–H and O–H groups in total. The summed E-state index contributed by atoms with van der Waals surface area (Å²) in [7, 11) is 0. The fraction of sp³-hybridized carbons (Fsp3) is 0.400. The maximum atomic E-state index is 9.33. The summed E-state index contributed by atoms with van der Waals surface area (Å²) in [5.74, 6) is -0.0833. The number of rotatable bonds is 0. The first kappa shape index (κ1) is 30.6. The van der Waals surface area contributed by atoms with Crippen molar-refractivity contribution in [2.75, 3.05) is 6.61 Å². The first-order chi connectivity index (χ1) is 3.15. The van der Waals surface area contributed by atoms with Crippen molar-refractivity contribution in [2.24, 2.45) is 0 Å². The van der Waals surface area contributed by atoms with Gasteiger partial charge in [-0.05, 0) is 12.7 Å². The number of ketones is 1. The summed E-state index contributed by atoms with van der Waals surface area (Å²) in [6.45, 7) is 7.46. The number of aliphatic hydroxyl groups excluding tert-OH is 1. The minimum absolute atomic E-state index is 0. The number of carbonyl (C=O) groups is 1. The van der Waals surface area contributed by atoms with Crippen molar-refractivity contribution < 1.29 is 52.0 Å². The maximum absolute atomic E-state index is 9.33. The molecule has 0 bridgehead atoms. The normalized spacial score (nSPS) is 4.30. The van der Waals surface area contributed by atoms with E-state index in [1.807, 2.05) is 0 Å². The van der Waals surface area contributed by atoms with Crippen molar-refractivity contribution >= 4 is 14.2 Å². The fourth-order valence-corrected chi connectivity index (χ4v) is 0. The van der Waals surface area contributed by atoms with Crippen molar-refractivity contribution in [1.82, 2.24) is 0 Å². The minimum Gasteiger partial charge on any atom is -0.428 e. The molecule has 0 fully saturated rings. The van der Waals surface area contributed by atoms with Gasteiger partial charge in [0.15, 0.2) is 0 Å². The van der Waals surface area contributed by atoms with Crippen LogP contribution in [0.2, 0.25) is 0 Å². The second-order valence-electron chi connectivity index (χ2n) is 0.926. The molecule has 0 aromatic heterocycles. The summed E-state index contributed by atoms with van der Waals surface area (Å²) in [5.41, 5.74) is 0. The standard InChI is InChI=1S/C3H5O.C2H5O.BH4.2W/c1-3(2)4;1-2-3;;;/h1H2,2H3;3H,1-2H2;1H4;;/q3*-1;;. The van der Waals surface area contributed by atoms with Crippen LogP contribution in [0.15, 0.2) is 0 Å². The molecule has 0 spiro atoms. The van der Waals surface area contributed by atoms with Crippen LogP contribution in [0, 0.1) is 13.8 Å². The molecule has 0 atom stereocenters. The summed E-state index contributed by atoms with van der Waals surface area (Å²) < 4.78 is 0. The Hall–Kier alpha value is 0.942. The van der Waals surface area contributed by atoms with E-state index in [-0.39, 0.29) is 62.9 Å². The second-order valence-corrected chi connectivity index (χ2v) is 0.926. The fourth-order valence-electron chi connectivity index (χ4n) is 0. The monoisotopic (exact) mass is 485 g/mol. The topological polar surface area (TPSA) is 37.3 Å². The van der Waals surface area contributed by atoms with Gasteiger partial charge in [-0.15, -0.1) is 0 Å². The molecule has 0 aromatic carbocycles. The van der Waals surface area contributed by atoms with Crippen molar-refractivity contribution in [3.63, 3.8) is 0 Å². The average Bonchev–Trinajstić information content (AvgIpc) is 1.33. The van der Waals surface area contributed by atoms with E-state index < -0.39 is 0 Å². The van der Waals surface area contributed by atoms with E-state index in [9.17, 15) is 4.79 Å². The third-order valence-electron chi connectivity index (χ3n) is 0. The molecule has 0 aliphatic rings. The van der Waals surface area contributed by atoms with Crippen molar-refractivity contribution in [3.05, 3.63) is 13.8 Å². The Morgan fingerprint density at radius 3 is 1.50 bits per heavy atom. The van der Waals surface area contributed by atoms with Crippen LogP contribution in [0.4, 0.5) is 0 Å². The SMILES string of the molecule is [BH4-].[CH2-]C(C)=O.[CH2-]CO.[W].[W]. The molecule has 0 heterocycles. The molecule has 0 aliphatic carbocycles. The number of aliphatic hydroxyl groups is 1. The van der Waals surface area contributed by atoms with Gasteiger partial charge in [0.25, 0.3) is 0 Å². The molecule has 64 valence electrons. The van der Waals surface area contributed by atoms with E-state index in [0.717, 1.165) is 0 Å². The first-order valence-electron chi connectivity index (χ1n) is 1.87. The van der Waals surface area contributed by atoms with Gasteiger partial charge in [0, 0.05) is 42.1 Å². The first-order valence-corrected chi connectivity index (χ1v) is 1.87. The molecule has 2 nitrogen and oxygen atoms in total. The summed E-state index contributed by atoms with van der Waals surface area (Å²) in [6, 6.07) is 0. The maximum Gasteiger partial charge on any atom is 0 e. The van der Waals surface area contributed by atoms with Crippen LogP contribution in [0.5, 0.6) is 0 Å². The molecule has 0 unspecified atom stereocenters. The Morgan fingerprint density at radius 2 is 1.50 bits per heavy atom. The molecule has 0 rings (SSSR count). The van der Waals surface area contributed by atoms with Crippen LogP contribution in [0.1, 0.15) is 6.92 Å². The van der Waals surface area contributed by atoms with Crippen LogP contribution in [-0.4, -0.2) is 25.9 Å². The zero-order valence-electron chi connectivity index (χ0n) is 5.29. The third-order valence-corrected chi connectivity index (χ3v) is 0. The van der Waals surface area contributed by atoms with E-state index in [4.69, 9.17) is 5.11 Å². The van der Waals surface area contributed by atoms with E-state index in [1.165, 1.54) is 6.92 Å². The molecule has 0 amide bonds. The van der Waals surface area contributed by atoms with E-state index in [1.54, 1.807) is 0 Å². The molecular formula is C5H14BO2W2-3. The molecule has 5 heteroatoms. The van der Waals surface area contributed by atoms with Crippen molar-refractivity contribution in [1.29, 1.82) is 0 Å². The number of hydrogen-bond donors (Lipinski definition) is 1. The zero-order valence-corrected chi connectivity index (χ0v) is 11.2. The zero-order chi connectivity index (χ0) is 6.28. The van der Waals surface area contributed by atoms with Crippen LogP contribution in [0.25, 0.3) is 0 Å². The van der Waals surface area contributed by atoms with Gasteiger partial charge in [0.2, 0.25) is 0 Å². The van der Waals surface area contributed by atoms with Crippen LogP contribution in [-0.2, 0) is 46.9 Å². The predicted octanol–water partition coefficient (Wildman–Crippen LogP) is -1.23. The molecule has 0 radical (unpaired) electrons. The second kappa shape index (κ2) is 32.6. The van der Waals surface area contributed by atoms with Crippen molar-refractivity contribution in [3.8, 4) is 0 Å². The smallest absolute Gasteiger partial charge is 0 e. The third kappa shape index (κ3) is 636. The quantitative estimate of drug-likeness (QED) is 0.345. The van der Waals surface area contributed by atoms with Gasteiger partial charge < -0.3 is 23.7 Å². The summed E-state index contributed by atoms with van der Waals surface area (Å²) in [4.78, 5) is 9.33. The number of hydrogen-bond acceptors (Lipinski definition) is 2. The van der Waals surface area contributed by atoms with Crippen LogP contribution in [0.3, 0.4) is 0 Å². The van der Waals surface area contributed by atoms with E-state index in [2.05, 4.69) is 13.8 Å². The van der Waals surface area contributed by atoms with Crippen LogP contribution < -0.4 is 0 Å². The predicted molar refractivity (Wildman–Crippen MR) is 39.8 cm³/mol. The van der Waals surface area contributed by atoms with E-state index in [0.29, 0.717) is 0 Å². The van der Waals surface area contributed by atoms with Crippen LogP contribution >= 0.6 is 0 Å². The molecular weight excluding hydrogens is 471 g/mol. The molecule has 0 saturated carbocycles. The molecule has 0 aromatic rings. The van der Waals surface area contributed by atoms with E-state index >= 15 is 0 Å². The van der Waals surface area contributed by atoms with Gasteiger partial charge in [0.1, 0.15) is 0 Å². The molecule has 10 heavy (non-hydrogen) atoms. The van der Waals surface area contributed by atoms with Gasteiger partial charge in [0.05, 0.1) is 0 Å². The largest absolute Gasteiger partial charge is 0.428 e. The van der Waals surface area contributed by atoms with Gasteiger partial charge >= 0.3 is 0 Å². The molecule has 0 saturated heterocycles. The van der Waals surface area contributed by atoms with Gasteiger partial charge in [-0.25, -0.2) is 0 Å². The van der Waals surface area contributed by atoms with Crippen molar-refractivity contribution in [2.45, 2.75) is 6.92 Å². The number of Topliss-reactive ketones (excluding diaryl/α,β-unsaturated/α-hetero) is 1.